The number of ether oxygens (including phenoxy) is 2. The first-order valence-electron chi connectivity index (χ1n) is 9.95. The van der Waals surface area contributed by atoms with Crippen LogP contribution in [0.4, 0.5) is 0 Å². The first-order valence-corrected chi connectivity index (χ1v) is 9.95. The van der Waals surface area contributed by atoms with Crippen LogP contribution in [0.2, 0.25) is 0 Å². The molecule has 2 aromatic carbocycles. The van der Waals surface area contributed by atoms with Gasteiger partial charge in [-0.25, -0.2) is 4.79 Å². The molecule has 1 unspecified atom stereocenters. The van der Waals surface area contributed by atoms with Crippen molar-refractivity contribution in [2.45, 2.75) is 12.5 Å². The topological polar surface area (TPSA) is 91.6 Å². The molecule has 0 radical (unpaired) electrons. The molecule has 1 aliphatic heterocycles. The molecule has 1 aliphatic rings. The molecule has 160 valence electrons. The Kier molecular flexibility index (Phi) is 5.62. The summed E-state index contributed by atoms with van der Waals surface area (Å²) >= 11 is 0. The van der Waals surface area contributed by atoms with Gasteiger partial charge in [0, 0.05) is 20.2 Å². The number of nitrogens with one attached hydrogen (secondary N) is 1. The lowest BCUT2D eigenvalue weighted by molar-refractivity contribution is 0.0926. The minimum absolute atomic E-state index is 0.00343. The van der Waals surface area contributed by atoms with E-state index in [4.69, 9.17) is 9.47 Å². The number of amides is 1. The normalized spacial score (nSPS) is 13.5. The molecule has 1 aromatic heterocycles. The fourth-order valence-electron chi connectivity index (χ4n) is 3.56. The summed E-state index contributed by atoms with van der Waals surface area (Å²) in [6.45, 7) is 0.953. The Balaban J connectivity index is 1.69. The summed E-state index contributed by atoms with van der Waals surface area (Å²) < 4.78 is 13.4. The molecule has 0 spiro atoms. The average molecular weight is 421 g/mol. The number of carbonyl (C=O) groups excluding carboxylic acids is 1. The number of hydrogen-bond acceptors (Lipinski definition) is 5. The number of benzene rings is 2. The lowest BCUT2D eigenvalue weighted by atomic mass is 9.98. The first kappa shape index (κ1) is 20.5. The van der Waals surface area contributed by atoms with Crippen LogP contribution < -0.4 is 26.0 Å². The van der Waals surface area contributed by atoms with Crippen LogP contribution in [0.15, 0.2) is 64.2 Å². The number of hydrogen-bond donors (Lipinski definition) is 1. The lowest BCUT2D eigenvalue weighted by Crippen LogP contribution is -2.42. The van der Waals surface area contributed by atoms with Gasteiger partial charge in [-0.05, 0) is 29.7 Å². The van der Waals surface area contributed by atoms with Crippen LogP contribution in [-0.4, -0.2) is 28.3 Å². The Labute approximate surface area is 178 Å². The molecule has 8 heteroatoms. The van der Waals surface area contributed by atoms with Crippen LogP contribution in [0.3, 0.4) is 0 Å². The third-order valence-electron chi connectivity index (χ3n) is 5.32. The molecule has 3 aromatic rings. The molecule has 31 heavy (non-hydrogen) atoms. The average Bonchev–Trinajstić information content (AvgIpc) is 2.80. The van der Waals surface area contributed by atoms with E-state index in [-0.39, 0.29) is 5.69 Å². The van der Waals surface area contributed by atoms with Crippen molar-refractivity contribution in [1.82, 2.24) is 14.5 Å². The molecule has 0 saturated carbocycles. The van der Waals surface area contributed by atoms with E-state index in [1.54, 1.807) is 0 Å². The van der Waals surface area contributed by atoms with Gasteiger partial charge in [0.25, 0.3) is 11.5 Å². The maximum absolute atomic E-state index is 13.1. The minimum Gasteiger partial charge on any atom is -0.486 e. The van der Waals surface area contributed by atoms with Crippen molar-refractivity contribution in [3.05, 3.63) is 92.3 Å². The number of rotatable bonds is 5. The molecular formula is C23H23N3O5. The van der Waals surface area contributed by atoms with Crippen LogP contribution in [-0.2, 0) is 20.5 Å². The largest absolute Gasteiger partial charge is 0.486 e. The lowest BCUT2D eigenvalue weighted by Gasteiger charge is -2.23. The number of aromatic nitrogens is 2. The molecule has 1 amide bonds. The maximum atomic E-state index is 13.1. The van der Waals surface area contributed by atoms with Crippen molar-refractivity contribution < 1.29 is 14.3 Å². The molecule has 4 rings (SSSR count). The van der Waals surface area contributed by atoms with Crippen LogP contribution in [0, 0.1) is 0 Å². The van der Waals surface area contributed by atoms with Gasteiger partial charge in [-0.3, -0.25) is 18.7 Å². The molecule has 0 fully saturated rings. The Bertz CT molecular complexity index is 1230. The van der Waals surface area contributed by atoms with Crippen molar-refractivity contribution in [1.29, 1.82) is 0 Å². The van der Waals surface area contributed by atoms with Crippen molar-refractivity contribution in [3.63, 3.8) is 0 Å². The SMILES string of the molecule is Cn1c(C(=O)NC(Cc2ccccc2)c2ccc3c(c2)OCCO3)cc(=O)n(C)c1=O. The predicted molar refractivity (Wildman–Crippen MR) is 115 cm³/mol. The van der Waals surface area contributed by atoms with E-state index in [1.165, 1.54) is 24.7 Å². The highest BCUT2D eigenvalue weighted by atomic mass is 16.6. The number of nitrogens with zero attached hydrogens (tertiary/aromatic N) is 2. The van der Waals surface area contributed by atoms with Crippen LogP contribution in [0.1, 0.15) is 27.7 Å². The maximum Gasteiger partial charge on any atom is 0.331 e. The van der Waals surface area contributed by atoms with Crippen molar-refractivity contribution >= 4 is 5.91 Å². The molecule has 1 atom stereocenters. The van der Waals surface area contributed by atoms with E-state index in [0.717, 1.165) is 15.7 Å². The fraction of sp³-hybridized carbons (Fsp3) is 0.261. The van der Waals surface area contributed by atoms with E-state index in [9.17, 15) is 14.4 Å². The number of fused-ring (bicyclic) bond motifs is 1. The number of carbonyl (C=O) groups is 1. The van der Waals surface area contributed by atoms with Gasteiger partial charge < -0.3 is 14.8 Å². The second kappa shape index (κ2) is 8.51. The van der Waals surface area contributed by atoms with Gasteiger partial charge >= 0.3 is 5.69 Å². The summed E-state index contributed by atoms with van der Waals surface area (Å²) in [4.78, 5) is 37.4. The zero-order valence-electron chi connectivity index (χ0n) is 17.3. The second-order valence-corrected chi connectivity index (χ2v) is 7.39. The van der Waals surface area contributed by atoms with Gasteiger partial charge in [-0.2, -0.15) is 0 Å². The highest BCUT2D eigenvalue weighted by Gasteiger charge is 2.22. The van der Waals surface area contributed by atoms with Crippen molar-refractivity contribution in [3.8, 4) is 11.5 Å². The van der Waals surface area contributed by atoms with Gasteiger partial charge in [0.2, 0.25) is 0 Å². The summed E-state index contributed by atoms with van der Waals surface area (Å²) in [5.41, 5.74) is 0.767. The third kappa shape index (κ3) is 4.23. The Morgan fingerprint density at radius 2 is 1.68 bits per heavy atom. The summed E-state index contributed by atoms with van der Waals surface area (Å²) in [5.74, 6) is 0.777. The summed E-state index contributed by atoms with van der Waals surface area (Å²) in [5, 5.41) is 2.98. The van der Waals surface area contributed by atoms with Crippen LogP contribution >= 0.6 is 0 Å². The molecule has 0 bridgehead atoms. The predicted octanol–water partition coefficient (Wildman–Crippen LogP) is 1.57. The fourth-order valence-corrected chi connectivity index (χ4v) is 3.56. The van der Waals surface area contributed by atoms with Gasteiger partial charge in [0.1, 0.15) is 18.9 Å². The molecule has 2 heterocycles. The van der Waals surface area contributed by atoms with Crippen molar-refractivity contribution in [2.75, 3.05) is 13.2 Å². The molecule has 1 N–H and O–H groups in total. The standard InChI is InChI=1S/C23H23N3O5/c1-25-18(14-21(27)26(2)23(25)29)22(28)24-17(12-15-6-4-3-5-7-15)16-8-9-19-20(13-16)31-11-10-30-19/h3-9,13-14,17H,10-12H2,1-2H3,(H,24,28). The first-order chi connectivity index (χ1) is 14.9. The van der Waals surface area contributed by atoms with Gasteiger partial charge in [-0.15, -0.1) is 0 Å². The van der Waals surface area contributed by atoms with E-state index in [0.29, 0.717) is 31.1 Å². The minimum atomic E-state index is -0.559. The Morgan fingerprint density at radius 3 is 2.42 bits per heavy atom. The van der Waals surface area contributed by atoms with Crippen molar-refractivity contribution in [2.24, 2.45) is 14.1 Å². The molecule has 8 nitrogen and oxygen atoms in total. The zero-order chi connectivity index (χ0) is 22.0. The van der Waals surface area contributed by atoms with Gasteiger partial charge in [0.15, 0.2) is 11.5 Å². The smallest absolute Gasteiger partial charge is 0.331 e. The summed E-state index contributed by atoms with van der Waals surface area (Å²) in [6, 6.07) is 16.1. The van der Waals surface area contributed by atoms with E-state index in [2.05, 4.69) is 5.32 Å². The quantitative estimate of drug-likeness (QED) is 0.675. The van der Waals surface area contributed by atoms with E-state index >= 15 is 0 Å². The molecule has 0 aliphatic carbocycles. The summed E-state index contributed by atoms with van der Waals surface area (Å²) in [6.07, 6.45) is 0.519. The Hall–Kier alpha value is -3.81. The summed E-state index contributed by atoms with van der Waals surface area (Å²) in [7, 11) is 2.84. The monoisotopic (exact) mass is 421 g/mol. The van der Waals surface area contributed by atoms with E-state index < -0.39 is 23.2 Å². The third-order valence-corrected chi connectivity index (χ3v) is 5.32. The van der Waals surface area contributed by atoms with E-state index in [1.807, 2.05) is 48.5 Å². The molecule has 0 saturated heterocycles. The highest BCUT2D eigenvalue weighted by molar-refractivity contribution is 5.92. The Morgan fingerprint density at radius 1 is 0.968 bits per heavy atom. The highest BCUT2D eigenvalue weighted by Crippen LogP contribution is 2.33. The van der Waals surface area contributed by atoms with Crippen LogP contribution in [0.5, 0.6) is 11.5 Å². The van der Waals surface area contributed by atoms with Gasteiger partial charge in [0.05, 0.1) is 6.04 Å². The van der Waals surface area contributed by atoms with Crippen LogP contribution in [0.25, 0.3) is 0 Å². The zero-order valence-corrected chi connectivity index (χ0v) is 17.3. The second-order valence-electron chi connectivity index (χ2n) is 7.39. The van der Waals surface area contributed by atoms with Gasteiger partial charge in [-0.1, -0.05) is 36.4 Å². The molecular weight excluding hydrogens is 398 g/mol.